The number of benzene rings is 2. The lowest BCUT2D eigenvalue weighted by Gasteiger charge is -2.10. The first-order valence-electron chi connectivity index (χ1n) is 9.86. The Kier molecular flexibility index (Phi) is 5.48. The second-order valence-electron chi connectivity index (χ2n) is 7.63. The molecule has 4 aromatic rings. The molecular weight excluding hydrogens is 398 g/mol. The van der Waals surface area contributed by atoms with E-state index in [9.17, 15) is 14.9 Å². The number of nitrogens with one attached hydrogen (secondary N) is 1. The van der Waals surface area contributed by atoms with Gasteiger partial charge in [0.25, 0.3) is 11.6 Å². The van der Waals surface area contributed by atoms with E-state index >= 15 is 0 Å². The third-order valence-electron chi connectivity index (χ3n) is 4.72. The number of aromatic nitrogens is 3. The molecule has 0 radical (unpaired) electrons. The normalized spacial score (nSPS) is 11.2. The van der Waals surface area contributed by atoms with Crippen LogP contribution in [0.1, 0.15) is 19.7 Å². The Labute approximate surface area is 177 Å². The Morgan fingerprint density at radius 2 is 1.97 bits per heavy atom. The van der Waals surface area contributed by atoms with E-state index in [4.69, 9.17) is 4.42 Å². The number of para-hydroxylation sites is 1. The Morgan fingerprint density at radius 3 is 2.74 bits per heavy atom. The van der Waals surface area contributed by atoms with Gasteiger partial charge in [-0.25, -0.2) is 0 Å². The predicted molar refractivity (Wildman–Crippen MR) is 115 cm³/mol. The van der Waals surface area contributed by atoms with Crippen molar-refractivity contribution in [3.05, 3.63) is 70.6 Å². The van der Waals surface area contributed by atoms with Gasteiger partial charge in [0, 0.05) is 35.1 Å². The average molecular weight is 419 g/mol. The number of carbonyl (C=O) groups excluding carboxylic acids is 1. The summed E-state index contributed by atoms with van der Waals surface area (Å²) in [7, 11) is 0. The first-order chi connectivity index (χ1) is 14.9. The molecule has 2 aromatic heterocycles. The molecule has 0 spiro atoms. The van der Waals surface area contributed by atoms with Gasteiger partial charge in [-0.2, -0.15) is 0 Å². The number of hydrogen-bond acceptors (Lipinski definition) is 6. The van der Waals surface area contributed by atoms with Crippen LogP contribution in [0.2, 0.25) is 0 Å². The van der Waals surface area contributed by atoms with Gasteiger partial charge in [-0.3, -0.25) is 14.9 Å². The van der Waals surface area contributed by atoms with Crippen molar-refractivity contribution in [1.29, 1.82) is 0 Å². The third-order valence-corrected chi connectivity index (χ3v) is 4.72. The monoisotopic (exact) mass is 419 g/mol. The number of amides is 1. The summed E-state index contributed by atoms with van der Waals surface area (Å²) in [6.45, 7) is 4.12. The zero-order valence-electron chi connectivity index (χ0n) is 17.1. The molecule has 0 aliphatic carbocycles. The van der Waals surface area contributed by atoms with Crippen molar-refractivity contribution in [3.63, 3.8) is 0 Å². The molecule has 1 amide bonds. The van der Waals surface area contributed by atoms with Crippen LogP contribution in [0.25, 0.3) is 22.5 Å². The highest BCUT2D eigenvalue weighted by atomic mass is 16.6. The molecule has 9 heteroatoms. The van der Waals surface area contributed by atoms with Gasteiger partial charge in [0.15, 0.2) is 0 Å². The lowest BCUT2D eigenvalue weighted by molar-refractivity contribution is -0.384. The Bertz CT molecular complexity index is 1260. The van der Waals surface area contributed by atoms with Gasteiger partial charge in [-0.1, -0.05) is 38.1 Å². The summed E-state index contributed by atoms with van der Waals surface area (Å²) >= 11 is 0. The molecule has 0 bridgehead atoms. The highest BCUT2D eigenvalue weighted by molar-refractivity contribution is 5.93. The number of hydrogen-bond donors (Lipinski definition) is 1. The summed E-state index contributed by atoms with van der Waals surface area (Å²) in [5.41, 5.74) is 1.75. The number of non-ortho nitro benzene ring substituents is 1. The minimum absolute atomic E-state index is 0.0204. The molecular formula is C22H21N5O4. The Balaban J connectivity index is 1.64. The molecule has 9 nitrogen and oxygen atoms in total. The fourth-order valence-electron chi connectivity index (χ4n) is 3.39. The standard InChI is InChI=1S/C22H21N5O4/c1-14(2)10-21-24-25-22(31-21)19-11-15-6-3-4-9-18(15)26(19)13-20(28)23-16-7-5-8-17(12-16)27(29)30/h3-9,11-12,14H,10,13H2,1-2H3,(H,23,28). The van der Waals surface area contributed by atoms with Crippen LogP contribution in [0.15, 0.2) is 59.0 Å². The molecule has 0 saturated carbocycles. The van der Waals surface area contributed by atoms with Gasteiger partial charge in [0.05, 0.1) is 4.92 Å². The second kappa shape index (κ2) is 8.39. The van der Waals surface area contributed by atoms with Crippen LogP contribution >= 0.6 is 0 Å². The first-order valence-corrected chi connectivity index (χ1v) is 9.86. The molecule has 31 heavy (non-hydrogen) atoms. The number of carbonyl (C=O) groups is 1. The van der Waals surface area contributed by atoms with Crippen LogP contribution in [0.3, 0.4) is 0 Å². The highest BCUT2D eigenvalue weighted by Crippen LogP contribution is 2.28. The Morgan fingerprint density at radius 1 is 1.16 bits per heavy atom. The minimum atomic E-state index is -0.502. The number of anilines is 1. The van der Waals surface area contributed by atoms with E-state index < -0.39 is 4.92 Å². The summed E-state index contributed by atoms with van der Waals surface area (Å²) < 4.78 is 7.64. The van der Waals surface area contributed by atoms with Gasteiger partial charge < -0.3 is 14.3 Å². The van der Waals surface area contributed by atoms with Crippen LogP contribution < -0.4 is 5.32 Å². The van der Waals surface area contributed by atoms with Crippen molar-refractivity contribution >= 4 is 28.2 Å². The quantitative estimate of drug-likeness (QED) is 0.350. The maximum atomic E-state index is 12.8. The number of nitrogens with zero attached hydrogens (tertiary/aromatic N) is 4. The topological polar surface area (TPSA) is 116 Å². The number of rotatable bonds is 7. The second-order valence-corrected chi connectivity index (χ2v) is 7.63. The maximum absolute atomic E-state index is 12.8. The van der Waals surface area contributed by atoms with Crippen molar-refractivity contribution in [2.24, 2.45) is 5.92 Å². The van der Waals surface area contributed by atoms with Crippen molar-refractivity contribution in [2.75, 3.05) is 5.32 Å². The molecule has 0 saturated heterocycles. The zero-order chi connectivity index (χ0) is 22.0. The van der Waals surface area contributed by atoms with Gasteiger partial charge in [-0.15, -0.1) is 10.2 Å². The van der Waals surface area contributed by atoms with Crippen LogP contribution in [0, 0.1) is 16.0 Å². The van der Waals surface area contributed by atoms with Crippen LogP contribution in [-0.2, 0) is 17.8 Å². The van der Waals surface area contributed by atoms with Gasteiger partial charge in [-0.05, 0) is 24.1 Å². The summed E-state index contributed by atoms with van der Waals surface area (Å²) in [6.07, 6.45) is 0.667. The number of fused-ring (bicyclic) bond motifs is 1. The van der Waals surface area contributed by atoms with Gasteiger partial charge >= 0.3 is 0 Å². The number of nitro groups is 1. The molecule has 4 rings (SSSR count). The molecule has 0 aliphatic heterocycles. The zero-order valence-corrected chi connectivity index (χ0v) is 17.1. The van der Waals surface area contributed by atoms with Gasteiger partial charge in [0.2, 0.25) is 11.8 Å². The molecule has 1 N–H and O–H groups in total. The van der Waals surface area contributed by atoms with Crippen molar-refractivity contribution in [2.45, 2.75) is 26.8 Å². The molecule has 158 valence electrons. The summed E-state index contributed by atoms with van der Waals surface area (Å²) in [6, 6.07) is 15.4. The fraction of sp³-hybridized carbons (Fsp3) is 0.227. The lowest BCUT2D eigenvalue weighted by atomic mass is 10.1. The van der Waals surface area contributed by atoms with E-state index in [1.807, 2.05) is 30.3 Å². The van der Waals surface area contributed by atoms with Crippen molar-refractivity contribution < 1.29 is 14.1 Å². The predicted octanol–water partition coefficient (Wildman–Crippen LogP) is 4.44. The molecule has 0 fully saturated rings. The van der Waals surface area contributed by atoms with E-state index in [0.29, 0.717) is 35.5 Å². The van der Waals surface area contributed by atoms with E-state index in [2.05, 4.69) is 29.4 Å². The summed E-state index contributed by atoms with van der Waals surface area (Å²) in [4.78, 5) is 23.2. The third kappa shape index (κ3) is 4.45. The molecule has 0 atom stereocenters. The largest absolute Gasteiger partial charge is 0.419 e. The summed E-state index contributed by atoms with van der Waals surface area (Å²) in [5, 5.41) is 22.9. The highest BCUT2D eigenvalue weighted by Gasteiger charge is 2.19. The van der Waals surface area contributed by atoms with E-state index in [1.165, 1.54) is 18.2 Å². The SMILES string of the molecule is CC(C)Cc1nnc(-c2cc3ccccc3n2CC(=O)Nc2cccc([N+](=O)[O-])c2)o1. The summed E-state index contributed by atoms with van der Waals surface area (Å²) in [5.74, 6) is 0.933. The van der Waals surface area contributed by atoms with Crippen molar-refractivity contribution in [3.8, 4) is 11.6 Å². The molecule has 0 aliphatic rings. The smallest absolute Gasteiger partial charge is 0.271 e. The van der Waals surface area contributed by atoms with E-state index in [0.717, 1.165) is 10.9 Å². The fourth-order valence-corrected chi connectivity index (χ4v) is 3.39. The first kappa shape index (κ1) is 20.3. The Hall–Kier alpha value is -4.01. The molecule has 2 heterocycles. The van der Waals surface area contributed by atoms with E-state index in [1.54, 1.807) is 10.6 Å². The maximum Gasteiger partial charge on any atom is 0.271 e. The van der Waals surface area contributed by atoms with Crippen molar-refractivity contribution in [1.82, 2.24) is 14.8 Å². The van der Waals surface area contributed by atoms with Crippen LogP contribution in [-0.4, -0.2) is 25.6 Å². The lowest BCUT2D eigenvalue weighted by Crippen LogP contribution is -2.19. The van der Waals surface area contributed by atoms with Gasteiger partial charge in [0.1, 0.15) is 12.2 Å². The minimum Gasteiger partial charge on any atom is -0.419 e. The molecule has 2 aromatic carbocycles. The number of nitro benzene ring substituents is 1. The van der Waals surface area contributed by atoms with Crippen LogP contribution in [0.4, 0.5) is 11.4 Å². The molecule has 0 unspecified atom stereocenters. The van der Waals surface area contributed by atoms with Crippen LogP contribution in [0.5, 0.6) is 0 Å². The van der Waals surface area contributed by atoms with E-state index in [-0.39, 0.29) is 18.1 Å². The average Bonchev–Trinajstić information content (AvgIpc) is 3.32.